The highest BCUT2D eigenvalue weighted by atomic mass is 28.4. The van der Waals surface area contributed by atoms with Crippen LogP contribution in [0.1, 0.15) is 67.2 Å². The molecule has 186 valence electrons. The van der Waals surface area contributed by atoms with Crippen molar-refractivity contribution >= 4 is 26.1 Å². The van der Waals surface area contributed by atoms with E-state index in [2.05, 4.69) is 44.5 Å². The number of carbonyl (C=O) groups excluding carboxylic acids is 3. The molecule has 0 aliphatic carbocycles. The first-order valence-corrected chi connectivity index (χ1v) is 14.7. The summed E-state index contributed by atoms with van der Waals surface area (Å²) in [5.41, 5.74) is 0. The van der Waals surface area contributed by atoms with Gasteiger partial charge < -0.3 is 24.5 Å². The molecule has 0 aromatic carbocycles. The molecule has 1 heterocycles. The smallest absolute Gasteiger partial charge is 0.338 e. The van der Waals surface area contributed by atoms with E-state index in [0.29, 0.717) is 13.0 Å². The number of hydrogen-bond donors (Lipinski definition) is 2. The number of ether oxygens (including phenoxy) is 2. The van der Waals surface area contributed by atoms with Crippen LogP contribution in [0.3, 0.4) is 0 Å². The minimum absolute atomic E-state index is 0.207. The van der Waals surface area contributed by atoms with Crippen LogP contribution in [0, 0.1) is 5.92 Å². The second-order valence-electron chi connectivity index (χ2n) is 10.4. The van der Waals surface area contributed by atoms with Gasteiger partial charge in [-0.05, 0) is 56.7 Å². The fourth-order valence-corrected chi connectivity index (χ4v) is 4.04. The summed E-state index contributed by atoms with van der Waals surface area (Å²) in [5.74, 6) is -0.987. The van der Waals surface area contributed by atoms with Gasteiger partial charge in [0.05, 0.1) is 6.61 Å². The van der Waals surface area contributed by atoms with Gasteiger partial charge in [-0.25, -0.2) is 4.79 Å². The van der Waals surface area contributed by atoms with E-state index in [0.717, 1.165) is 25.9 Å². The minimum Gasteiger partial charge on any atom is -0.464 e. The molecule has 0 unspecified atom stereocenters. The molecular formula is C23H44N2O6Si. The van der Waals surface area contributed by atoms with E-state index in [1.165, 1.54) is 0 Å². The summed E-state index contributed by atoms with van der Waals surface area (Å²) in [6, 6.07) is -0.656. The topological polar surface area (TPSA) is 106 Å². The van der Waals surface area contributed by atoms with E-state index in [1.807, 2.05) is 13.8 Å². The first-order valence-electron chi connectivity index (χ1n) is 11.8. The van der Waals surface area contributed by atoms with Crippen molar-refractivity contribution in [3.05, 3.63) is 0 Å². The van der Waals surface area contributed by atoms with Crippen molar-refractivity contribution in [2.75, 3.05) is 19.8 Å². The summed E-state index contributed by atoms with van der Waals surface area (Å²) in [5, 5.41) is 5.86. The van der Waals surface area contributed by atoms with Crippen molar-refractivity contribution < 1.29 is 28.3 Å². The third kappa shape index (κ3) is 9.58. The van der Waals surface area contributed by atoms with Crippen molar-refractivity contribution in [2.24, 2.45) is 5.92 Å². The lowest BCUT2D eigenvalue weighted by Gasteiger charge is -2.36. The molecule has 0 saturated carbocycles. The van der Waals surface area contributed by atoms with Gasteiger partial charge in [0.2, 0.25) is 5.91 Å². The number of unbranched alkanes of at least 4 members (excludes halogenated alkanes) is 2. The first kappa shape index (κ1) is 28.6. The molecule has 2 N–H and O–H groups in total. The standard InChI is InChI=1S/C23H44N2O6Si/c1-9-29-22(28)19-18(31-19)21(27)25-17(15-16(2)3)20(26)24-13-11-10-12-14-30-32(7,8)23(4,5)6/h16-19H,9-15H2,1-8H3,(H,24,26)(H,25,27)/t17-,18-,19-/m0/s1. The number of carbonyl (C=O) groups is 3. The average molecular weight is 473 g/mol. The van der Waals surface area contributed by atoms with Gasteiger partial charge in [0.1, 0.15) is 6.04 Å². The maximum atomic E-state index is 12.6. The van der Waals surface area contributed by atoms with Gasteiger partial charge in [-0.2, -0.15) is 0 Å². The summed E-state index contributed by atoms with van der Waals surface area (Å²) in [6.45, 7) is 18.4. The van der Waals surface area contributed by atoms with Crippen molar-refractivity contribution in [3.8, 4) is 0 Å². The Morgan fingerprint density at radius 2 is 1.72 bits per heavy atom. The number of amides is 2. The monoisotopic (exact) mass is 472 g/mol. The molecule has 2 amide bonds. The van der Waals surface area contributed by atoms with E-state index in [1.54, 1.807) is 6.92 Å². The molecule has 0 bridgehead atoms. The highest BCUT2D eigenvalue weighted by molar-refractivity contribution is 6.74. The fourth-order valence-electron chi connectivity index (χ4n) is 2.95. The maximum Gasteiger partial charge on any atom is 0.338 e. The van der Waals surface area contributed by atoms with Crippen molar-refractivity contribution in [1.29, 1.82) is 0 Å². The number of epoxide rings is 1. The van der Waals surface area contributed by atoms with E-state index in [4.69, 9.17) is 13.9 Å². The van der Waals surface area contributed by atoms with Gasteiger partial charge >= 0.3 is 5.97 Å². The largest absolute Gasteiger partial charge is 0.464 e. The molecule has 8 nitrogen and oxygen atoms in total. The molecule has 0 aromatic heterocycles. The summed E-state index contributed by atoms with van der Waals surface area (Å²) < 4.78 is 16.2. The number of nitrogens with one attached hydrogen (secondary N) is 2. The lowest BCUT2D eigenvalue weighted by Crippen LogP contribution is -2.49. The Kier molecular flexibility index (Phi) is 11.3. The molecule has 1 saturated heterocycles. The second kappa shape index (κ2) is 12.7. The molecule has 1 fully saturated rings. The fraction of sp³-hybridized carbons (Fsp3) is 0.870. The van der Waals surface area contributed by atoms with Crippen LogP contribution < -0.4 is 10.6 Å². The van der Waals surface area contributed by atoms with Crippen molar-refractivity contribution in [2.45, 2.75) is 104 Å². The van der Waals surface area contributed by atoms with Crippen molar-refractivity contribution in [1.82, 2.24) is 10.6 Å². The number of hydrogen-bond acceptors (Lipinski definition) is 6. The average Bonchev–Trinajstić information content (AvgIpc) is 3.46. The van der Waals surface area contributed by atoms with Crippen LogP contribution in [-0.2, 0) is 28.3 Å². The number of rotatable bonds is 14. The van der Waals surface area contributed by atoms with Crippen LogP contribution >= 0.6 is 0 Å². The Labute approximate surface area is 194 Å². The third-order valence-corrected chi connectivity index (χ3v) is 10.5. The zero-order chi connectivity index (χ0) is 24.5. The lowest BCUT2D eigenvalue weighted by molar-refractivity contribution is -0.144. The maximum absolute atomic E-state index is 12.6. The molecular weight excluding hydrogens is 428 g/mol. The van der Waals surface area contributed by atoms with E-state index < -0.39 is 38.4 Å². The molecule has 0 aromatic rings. The van der Waals surface area contributed by atoms with Gasteiger partial charge in [-0.15, -0.1) is 0 Å². The molecule has 3 atom stereocenters. The molecule has 1 aliphatic heterocycles. The summed E-state index contributed by atoms with van der Waals surface area (Å²) in [4.78, 5) is 36.7. The second-order valence-corrected chi connectivity index (χ2v) is 15.2. The Morgan fingerprint density at radius 1 is 1.06 bits per heavy atom. The molecule has 32 heavy (non-hydrogen) atoms. The molecule has 1 rings (SSSR count). The normalized spacial score (nSPS) is 19.4. The quantitative estimate of drug-likeness (QED) is 0.174. The lowest BCUT2D eigenvalue weighted by atomic mass is 10.0. The first-order chi connectivity index (χ1) is 14.8. The van der Waals surface area contributed by atoms with Crippen LogP contribution in [-0.4, -0.2) is 64.1 Å². The molecule has 9 heteroatoms. The zero-order valence-electron chi connectivity index (χ0n) is 21.2. The zero-order valence-corrected chi connectivity index (χ0v) is 22.2. The van der Waals surface area contributed by atoms with Crippen LogP contribution in [0.5, 0.6) is 0 Å². The number of esters is 1. The van der Waals surface area contributed by atoms with Crippen LogP contribution in [0.2, 0.25) is 18.1 Å². The predicted molar refractivity (Wildman–Crippen MR) is 127 cm³/mol. The minimum atomic E-state index is -1.71. The molecule has 0 spiro atoms. The van der Waals surface area contributed by atoms with E-state index in [-0.39, 0.29) is 23.5 Å². The Bertz CT molecular complexity index is 632. The highest BCUT2D eigenvalue weighted by Gasteiger charge is 2.52. The van der Waals surface area contributed by atoms with Crippen molar-refractivity contribution in [3.63, 3.8) is 0 Å². The van der Waals surface area contributed by atoms with E-state index >= 15 is 0 Å². The Balaban J connectivity index is 2.35. The SMILES string of the molecule is CCOC(=O)[C@H]1O[C@@H]1C(=O)N[C@@H](CC(C)C)C(=O)NCCCCCO[Si](C)(C)C(C)(C)C. The van der Waals surface area contributed by atoms with E-state index in [9.17, 15) is 14.4 Å². The summed E-state index contributed by atoms with van der Waals surface area (Å²) >= 11 is 0. The third-order valence-electron chi connectivity index (χ3n) is 6.00. The Morgan fingerprint density at radius 3 is 2.28 bits per heavy atom. The van der Waals surface area contributed by atoms with Crippen LogP contribution in [0.25, 0.3) is 0 Å². The van der Waals surface area contributed by atoms with Gasteiger partial charge in [-0.1, -0.05) is 34.6 Å². The predicted octanol–water partition coefficient (Wildman–Crippen LogP) is 3.16. The summed E-state index contributed by atoms with van der Waals surface area (Å²) in [6.07, 6.45) is 1.54. The summed E-state index contributed by atoms with van der Waals surface area (Å²) in [7, 11) is -1.71. The van der Waals surface area contributed by atoms with Gasteiger partial charge in [0.15, 0.2) is 20.5 Å². The van der Waals surface area contributed by atoms with Crippen LogP contribution in [0.15, 0.2) is 0 Å². The van der Waals surface area contributed by atoms with Gasteiger partial charge in [0, 0.05) is 13.2 Å². The highest BCUT2D eigenvalue weighted by Crippen LogP contribution is 2.36. The Hall–Kier alpha value is -1.45. The van der Waals surface area contributed by atoms with Gasteiger partial charge in [0.25, 0.3) is 5.91 Å². The molecule has 1 aliphatic rings. The molecule has 0 radical (unpaired) electrons. The van der Waals surface area contributed by atoms with Gasteiger partial charge in [-0.3, -0.25) is 9.59 Å². The van der Waals surface area contributed by atoms with Crippen LogP contribution in [0.4, 0.5) is 0 Å².